The molecule has 13 aliphatic rings. The third kappa shape index (κ3) is 35.5. The Morgan fingerprint density at radius 2 is 0.511 bits per heavy atom. The molecule has 7 aliphatic heterocycles. The Hall–Kier alpha value is -5.25. The first kappa shape index (κ1) is 121. The molecule has 7 aromatic carbocycles. The molecule has 0 radical (unpaired) electrons. The van der Waals surface area contributed by atoms with E-state index >= 15 is 0 Å². The van der Waals surface area contributed by atoms with Gasteiger partial charge in [0.05, 0.1) is 35.4 Å². The van der Waals surface area contributed by atoms with Gasteiger partial charge in [-0.1, -0.05) is 254 Å². The van der Waals surface area contributed by atoms with Crippen LogP contribution in [-0.2, 0) is 0 Å². The van der Waals surface area contributed by atoms with Crippen LogP contribution in [0.3, 0.4) is 0 Å². The number of nitrogen functional groups attached to an aromatic ring is 1. The first-order chi connectivity index (χ1) is 65.8. The van der Waals surface area contributed by atoms with Crippen molar-refractivity contribution in [2.24, 2.45) is 0 Å². The van der Waals surface area contributed by atoms with Crippen LogP contribution in [0.15, 0.2) is 188 Å². The van der Waals surface area contributed by atoms with Gasteiger partial charge >= 0.3 is 146 Å². The summed E-state index contributed by atoms with van der Waals surface area (Å²) in [6.45, 7) is 15.7. The van der Waals surface area contributed by atoms with Gasteiger partial charge in [0.2, 0.25) is 0 Å². The second kappa shape index (κ2) is 62.9. The summed E-state index contributed by atoms with van der Waals surface area (Å²) in [6.07, 6.45) is 43.8. The smallest absolute Gasteiger partial charge is 0.00431 e. The number of hydrogen-bond acceptors (Lipinski definition) is 16. The van der Waals surface area contributed by atoms with Crippen LogP contribution in [-0.4, -0.2) is 248 Å². The summed E-state index contributed by atoms with van der Waals surface area (Å²) in [4.78, 5) is 33.6. The van der Waals surface area contributed by atoms with Gasteiger partial charge in [0, 0.05) is 51.1 Å². The van der Waals surface area contributed by atoms with E-state index < -0.39 is 18.4 Å². The Labute approximate surface area is 875 Å². The average Bonchev–Trinajstić information content (AvgIpc) is 0.792. The molecule has 141 heavy (non-hydrogen) atoms. The predicted octanol–water partition coefficient (Wildman–Crippen LogP) is 25.6. The summed E-state index contributed by atoms with van der Waals surface area (Å²) >= 11 is 0.422. The van der Waals surface area contributed by atoms with E-state index in [4.69, 9.17) is 5.73 Å². The molecule has 12 atom stereocenters. The Bertz CT molecular complexity index is 4340. The number of nitrogens with two attached hydrogens (primary N) is 1. The van der Waals surface area contributed by atoms with Gasteiger partial charge in [-0.3, -0.25) is 34.6 Å². The van der Waals surface area contributed by atoms with E-state index in [2.05, 4.69) is 224 Å². The SMILES string of the molecule is C.C.C.C.C.C.Nc1ccccc1C1CCN(C2CCCC[C@H]2O)CC1.O=[N+]([O-])c1ccccc1C1CCN(C2CCCC[C@H]2O)CC1.OC1CCCCC1N1CCC(c2ccccc2)CC1.O[C@@H]1CCCCC1N1CCC(c2ccccc2)CC1.O[C@@H]1CCCCC1N1CCC(c2ccccc2I)CC1.[CH3][Sn]([CH3])([CH3])[c]1ccccc1C1CCN(C2CCCC[C@H]2O)CC1.c1ccc(C2CCNCC2)cc1. The number of anilines is 1. The number of halogens is 1. The van der Waals surface area contributed by atoms with Crippen LogP contribution >= 0.6 is 22.6 Å². The molecule has 0 amide bonds. The fourth-order valence-electron chi connectivity index (χ4n) is 26.0. The molecule has 17 nitrogen and oxygen atoms in total. The van der Waals surface area contributed by atoms with E-state index in [0.717, 1.165) is 177 Å². The molecule has 0 aromatic heterocycles. The predicted molar refractivity (Wildman–Crippen MR) is 608 cm³/mol. The topological polar surface area (TPSA) is 222 Å². The Morgan fingerprint density at radius 1 is 0.284 bits per heavy atom. The van der Waals surface area contributed by atoms with Gasteiger partial charge < -0.3 is 36.6 Å². The van der Waals surface area contributed by atoms with Crippen molar-refractivity contribution in [2.45, 2.75) is 418 Å². The van der Waals surface area contributed by atoms with E-state index in [1.54, 1.807) is 21.3 Å². The maximum atomic E-state index is 11.2. The number of para-hydroxylation sites is 2. The first-order valence-corrected chi connectivity index (χ1v) is 65.2. The fourth-order valence-corrected chi connectivity index (χ4v) is 31.8. The third-order valence-corrected chi connectivity index (χ3v) is 40.8. The van der Waals surface area contributed by atoms with Gasteiger partial charge in [0.25, 0.3) is 5.69 Å². The summed E-state index contributed by atoms with van der Waals surface area (Å²) < 4.78 is 3.12. The molecule has 788 valence electrons. The molecule has 7 aromatic rings. The summed E-state index contributed by atoms with van der Waals surface area (Å²) in [5.41, 5.74) is 17.1. The molecule has 6 saturated carbocycles. The molecular formula is C122H196IN9O8Sn. The zero-order valence-electron chi connectivity index (χ0n) is 82.7. The van der Waals surface area contributed by atoms with Crippen molar-refractivity contribution in [1.82, 2.24) is 34.7 Å². The zero-order valence-corrected chi connectivity index (χ0v) is 87.7. The van der Waals surface area contributed by atoms with Gasteiger partial charge in [-0.2, -0.15) is 0 Å². The van der Waals surface area contributed by atoms with Gasteiger partial charge in [-0.25, -0.2) is 0 Å². The molecule has 7 heterocycles. The minimum absolute atomic E-state index is 0. The van der Waals surface area contributed by atoms with E-state index in [1.807, 2.05) is 24.3 Å². The largest absolute Gasteiger partial charge is 0.317 e. The average molecular weight is 2160 g/mol. The second-order valence-corrected chi connectivity index (χ2v) is 59.0. The minimum Gasteiger partial charge on any atom is -0.317 e. The van der Waals surface area contributed by atoms with Crippen LogP contribution in [0.2, 0.25) is 14.8 Å². The standard InChI is InChI=1S/C17H24INO.C17H24N2O3.C17H26N2O.2C17H25NO.C17H24NO.C11H15N.6CH4.3CH3.Sn/c18-15-6-2-1-5-14(15)13-9-11-19(12-10-13)16-7-3-4-8-17(16)20;20-17-8-4-3-7-16(17)18-11-9-13(10-12-18)14-5-1-2-6-15(14)19(21)22;18-15-6-2-1-5-14(15)13-9-11-19(12-10-13)16-7-3-4-8-17(16)20;3*19-17-9-5-4-8-16(17)18-12-10-15(11-13-18)14-6-2-1-3-7-14;1-2-4-10(5-3-1)11-6-8-12-9-7-11;;;;;;;;;;/h1-2,5-6,13,16-17,20H,3-4,7-12H2;1-2,5-6,13,16-17,20H,3-4,7-12H2;1-2,5-6,13,16-17,20H,3-4,7-12,18H2;2*1-3,6-7,15-17,19H,4-5,8-13H2;1-3,6,15-17,19H,4-5,8-13H2;1-5,11-12H,6-9H2;6*1H4;3*1H3;/t4*16?,17-;;16?,17-;;;;;;;;;;;/m1111.1.........../s1. The molecular weight excluding hydrogens is 1970 g/mol. The van der Waals surface area contributed by atoms with Crippen LogP contribution in [0.25, 0.3) is 0 Å². The number of aliphatic hydroxyl groups excluding tert-OH is 6. The molecule has 19 heteroatoms. The fraction of sp³-hybridized carbons (Fsp3) is 0.656. The molecule has 20 rings (SSSR count). The number of aliphatic hydroxyl groups is 6. The molecule has 6 aliphatic carbocycles. The molecule has 9 N–H and O–H groups in total. The van der Waals surface area contributed by atoms with Gasteiger partial charge in [-0.15, -0.1) is 0 Å². The number of rotatable bonds is 15. The number of likely N-dealkylation sites (tertiary alicyclic amines) is 6. The third-order valence-electron chi connectivity index (χ3n) is 33.9. The van der Waals surface area contributed by atoms with Crippen LogP contribution in [0.4, 0.5) is 11.4 Å². The molecule has 0 bridgehead atoms. The number of nitrogens with zero attached hydrogens (tertiary/aromatic N) is 7. The number of nitro benzene ring substituents is 1. The van der Waals surface area contributed by atoms with Crippen LogP contribution in [0.1, 0.15) is 369 Å². The van der Waals surface area contributed by atoms with Crippen molar-refractivity contribution >= 4 is 55.9 Å². The monoisotopic (exact) mass is 2160 g/mol. The van der Waals surface area contributed by atoms with E-state index in [1.165, 1.54) is 225 Å². The first-order valence-electron chi connectivity index (χ1n) is 54.1. The Kier molecular flexibility index (Phi) is 54.0. The van der Waals surface area contributed by atoms with Gasteiger partial charge in [0.15, 0.2) is 0 Å². The number of piperidine rings is 7. The molecule has 7 saturated heterocycles. The summed E-state index contributed by atoms with van der Waals surface area (Å²) in [5.74, 6) is 4.54. The number of nitrogens with one attached hydrogen (secondary N) is 1. The summed E-state index contributed by atoms with van der Waals surface area (Å²) in [7, 11) is 0. The van der Waals surface area contributed by atoms with Crippen molar-refractivity contribution in [3.63, 3.8) is 0 Å². The Morgan fingerprint density at radius 3 is 0.801 bits per heavy atom. The molecule has 7 unspecified atom stereocenters. The van der Waals surface area contributed by atoms with Crippen LogP contribution in [0.5, 0.6) is 0 Å². The van der Waals surface area contributed by atoms with Gasteiger partial charge in [-0.05, 0) is 318 Å². The zero-order chi connectivity index (χ0) is 94.3. The van der Waals surface area contributed by atoms with Crippen LogP contribution < -0.4 is 14.6 Å². The van der Waals surface area contributed by atoms with Crippen molar-refractivity contribution in [3.8, 4) is 0 Å². The van der Waals surface area contributed by atoms with E-state index in [0.29, 0.717) is 48.1 Å². The van der Waals surface area contributed by atoms with Crippen molar-refractivity contribution in [1.29, 1.82) is 0 Å². The van der Waals surface area contributed by atoms with Crippen molar-refractivity contribution in [2.75, 3.05) is 97.4 Å². The molecule has 0 spiro atoms. The van der Waals surface area contributed by atoms with Crippen molar-refractivity contribution < 1.29 is 35.6 Å². The maximum absolute atomic E-state index is 11.2. The second-order valence-electron chi connectivity index (χ2n) is 43.4. The van der Waals surface area contributed by atoms with E-state index in [9.17, 15) is 40.8 Å². The maximum Gasteiger partial charge on any atom is -0.00431 e. The normalized spacial score (nSPS) is 27.1. The Balaban J connectivity index is 0.000000201. The summed E-state index contributed by atoms with van der Waals surface area (Å²) in [5, 5.41) is 75.8. The summed E-state index contributed by atoms with van der Waals surface area (Å²) in [6, 6.07) is 68.5. The molecule has 13 fully saturated rings. The number of benzene rings is 7. The minimum atomic E-state index is -2.04. The van der Waals surface area contributed by atoms with E-state index in [-0.39, 0.29) is 97.7 Å². The quantitative estimate of drug-likeness (QED) is 0.0157. The number of hydrogen-bond donors (Lipinski definition) is 8. The van der Waals surface area contributed by atoms with Crippen molar-refractivity contribution in [3.05, 3.63) is 241 Å². The van der Waals surface area contributed by atoms with Crippen LogP contribution in [0, 0.1) is 13.7 Å². The number of nitro groups is 1. The van der Waals surface area contributed by atoms with Gasteiger partial charge in [0.1, 0.15) is 0 Å².